The average Bonchev–Trinajstić information content (AvgIpc) is 2.67. The fourth-order valence-corrected chi connectivity index (χ4v) is 2.99. The van der Waals surface area contributed by atoms with Gasteiger partial charge in [-0.3, -0.25) is 14.6 Å². The molecule has 0 saturated carbocycles. The molecule has 5 nitrogen and oxygen atoms in total. The number of carbonyl (C=O) groups excluding carboxylic acids is 2. The average molecular weight is 337 g/mol. The van der Waals surface area contributed by atoms with Crippen LogP contribution in [0.15, 0.2) is 42.6 Å². The molecule has 25 heavy (non-hydrogen) atoms. The summed E-state index contributed by atoms with van der Waals surface area (Å²) < 4.78 is 0. The maximum absolute atomic E-state index is 13.0. The fraction of sp³-hybridized carbons (Fsp3) is 0.350. The highest BCUT2D eigenvalue weighted by Crippen LogP contribution is 2.28. The molecule has 1 aliphatic rings. The standard InChI is InChI=1S/C20H23N3O2/c1-3-14(2)22-19(24)17-13-16(10-11-21-17)20(25)23-12-6-8-15-7-4-5-9-18(15)23/h4-5,7,9-11,13-14H,3,6,8,12H2,1-2H3,(H,22,24). The number of para-hydroxylation sites is 1. The van der Waals surface area contributed by atoms with Crippen molar-refractivity contribution in [3.8, 4) is 0 Å². The zero-order chi connectivity index (χ0) is 17.8. The van der Waals surface area contributed by atoms with Crippen LogP contribution in [0, 0.1) is 0 Å². The maximum atomic E-state index is 13.0. The van der Waals surface area contributed by atoms with Crippen LogP contribution in [0.25, 0.3) is 0 Å². The summed E-state index contributed by atoms with van der Waals surface area (Å²) in [5, 5.41) is 2.88. The van der Waals surface area contributed by atoms with Crippen molar-refractivity contribution >= 4 is 17.5 Å². The van der Waals surface area contributed by atoms with Crippen LogP contribution in [-0.2, 0) is 6.42 Å². The van der Waals surface area contributed by atoms with Gasteiger partial charge in [-0.25, -0.2) is 0 Å². The Morgan fingerprint density at radius 2 is 2.08 bits per heavy atom. The number of nitrogens with one attached hydrogen (secondary N) is 1. The van der Waals surface area contributed by atoms with E-state index in [-0.39, 0.29) is 23.6 Å². The van der Waals surface area contributed by atoms with E-state index in [1.54, 1.807) is 17.0 Å². The van der Waals surface area contributed by atoms with Gasteiger partial charge < -0.3 is 10.2 Å². The van der Waals surface area contributed by atoms with E-state index in [9.17, 15) is 9.59 Å². The van der Waals surface area contributed by atoms with Gasteiger partial charge in [0.2, 0.25) is 0 Å². The number of amides is 2. The van der Waals surface area contributed by atoms with Crippen molar-refractivity contribution in [2.24, 2.45) is 0 Å². The molecule has 3 rings (SSSR count). The van der Waals surface area contributed by atoms with Gasteiger partial charge in [0.25, 0.3) is 11.8 Å². The predicted molar refractivity (Wildman–Crippen MR) is 97.9 cm³/mol. The van der Waals surface area contributed by atoms with Gasteiger partial charge in [0, 0.05) is 30.0 Å². The summed E-state index contributed by atoms with van der Waals surface area (Å²) in [6.45, 7) is 4.64. The summed E-state index contributed by atoms with van der Waals surface area (Å²) in [4.78, 5) is 31.2. The summed E-state index contributed by atoms with van der Waals surface area (Å²) in [7, 11) is 0. The molecule has 1 N–H and O–H groups in total. The third-order valence-electron chi connectivity index (χ3n) is 4.58. The molecular formula is C20H23N3O2. The van der Waals surface area contributed by atoms with Crippen LogP contribution < -0.4 is 10.2 Å². The highest BCUT2D eigenvalue weighted by molar-refractivity contribution is 6.07. The minimum Gasteiger partial charge on any atom is -0.348 e. The lowest BCUT2D eigenvalue weighted by Crippen LogP contribution is -2.36. The number of hydrogen-bond acceptors (Lipinski definition) is 3. The summed E-state index contributed by atoms with van der Waals surface area (Å²) in [5.41, 5.74) is 2.91. The minimum absolute atomic E-state index is 0.0719. The second-order valence-electron chi connectivity index (χ2n) is 6.40. The van der Waals surface area contributed by atoms with Crippen LogP contribution in [0.2, 0.25) is 0 Å². The Labute approximate surface area is 148 Å². The first-order chi connectivity index (χ1) is 12.1. The second-order valence-corrected chi connectivity index (χ2v) is 6.40. The number of benzene rings is 1. The Hall–Kier alpha value is -2.69. The molecule has 1 atom stereocenters. The predicted octanol–water partition coefficient (Wildman–Crippen LogP) is 3.20. The van der Waals surface area contributed by atoms with Gasteiger partial charge in [0.1, 0.15) is 5.69 Å². The molecule has 1 aromatic heterocycles. The molecule has 1 aliphatic heterocycles. The molecule has 0 aliphatic carbocycles. The number of aromatic nitrogens is 1. The molecule has 130 valence electrons. The molecule has 2 aromatic rings. The lowest BCUT2D eigenvalue weighted by molar-refractivity contribution is 0.0934. The van der Waals surface area contributed by atoms with Crippen molar-refractivity contribution in [3.05, 3.63) is 59.4 Å². The first kappa shape index (κ1) is 17.1. The Kier molecular flexibility index (Phi) is 5.12. The quantitative estimate of drug-likeness (QED) is 0.932. The van der Waals surface area contributed by atoms with Crippen LogP contribution in [0.5, 0.6) is 0 Å². The van der Waals surface area contributed by atoms with Crippen molar-refractivity contribution in [2.45, 2.75) is 39.2 Å². The third-order valence-corrected chi connectivity index (χ3v) is 4.58. The third kappa shape index (κ3) is 3.71. The maximum Gasteiger partial charge on any atom is 0.270 e. The largest absolute Gasteiger partial charge is 0.348 e. The van der Waals surface area contributed by atoms with Gasteiger partial charge in [-0.05, 0) is 49.9 Å². The molecule has 0 bridgehead atoms. The number of hydrogen-bond donors (Lipinski definition) is 1. The Bertz CT molecular complexity index is 788. The van der Waals surface area contributed by atoms with Gasteiger partial charge >= 0.3 is 0 Å². The van der Waals surface area contributed by atoms with Crippen molar-refractivity contribution in [3.63, 3.8) is 0 Å². The highest BCUT2D eigenvalue weighted by atomic mass is 16.2. The van der Waals surface area contributed by atoms with E-state index in [4.69, 9.17) is 0 Å². The molecule has 5 heteroatoms. The van der Waals surface area contributed by atoms with E-state index in [0.29, 0.717) is 12.1 Å². The smallest absolute Gasteiger partial charge is 0.270 e. The number of fused-ring (bicyclic) bond motifs is 1. The first-order valence-corrected chi connectivity index (χ1v) is 8.77. The Morgan fingerprint density at radius 3 is 2.88 bits per heavy atom. The zero-order valence-electron chi connectivity index (χ0n) is 14.7. The SMILES string of the molecule is CCC(C)NC(=O)c1cc(C(=O)N2CCCc3ccccc32)ccn1. The topological polar surface area (TPSA) is 62.3 Å². The van der Waals surface area contributed by atoms with Gasteiger partial charge in [0.05, 0.1) is 0 Å². The molecular weight excluding hydrogens is 314 g/mol. The van der Waals surface area contributed by atoms with Crippen molar-refractivity contribution in [1.82, 2.24) is 10.3 Å². The Balaban J connectivity index is 1.84. The van der Waals surface area contributed by atoms with Crippen LogP contribution >= 0.6 is 0 Å². The van der Waals surface area contributed by atoms with Crippen molar-refractivity contribution in [1.29, 1.82) is 0 Å². The number of pyridine rings is 1. The molecule has 1 unspecified atom stereocenters. The monoisotopic (exact) mass is 337 g/mol. The number of anilines is 1. The van der Waals surface area contributed by atoms with Crippen LogP contribution in [-0.4, -0.2) is 29.4 Å². The number of nitrogens with zero attached hydrogens (tertiary/aromatic N) is 2. The number of aryl methyl sites for hydroxylation is 1. The Morgan fingerprint density at radius 1 is 1.28 bits per heavy atom. The van der Waals surface area contributed by atoms with Crippen molar-refractivity contribution < 1.29 is 9.59 Å². The summed E-state index contributed by atoms with van der Waals surface area (Å²) in [5.74, 6) is -0.338. The summed E-state index contributed by atoms with van der Waals surface area (Å²) >= 11 is 0. The van der Waals surface area contributed by atoms with E-state index in [1.807, 2.05) is 32.0 Å². The first-order valence-electron chi connectivity index (χ1n) is 8.77. The van der Waals surface area contributed by atoms with E-state index in [1.165, 1.54) is 11.8 Å². The van der Waals surface area contributed by atoms with Crippen molar-refractivity contribution in [2.75, 3.05) is 11.4 Å². The highest BCUT2D eigenvalue weighted by Gasteiger charge is 2.24. The molecule has 0 saturated heterocycles. The van der Waals surface area contributed by atoms with E-state index >= 15 is 0 Å². The van der Waals surface area contributed by atoms with E-state index < -0.39 is 0 Å². The lowest BCUT2D eigenvalue weighted by atomic mass is 10.0. The summed E-state index contributed by atoms with van der Waals surface area (Å²) in [6.07, 6.45) is 4.29. The van der Waals surface area contributed by atoms with Gasteiger partial charge in [-0.1, -0.05) is 25.1 Å². The molecule has 0 spiro atoms. The molecule has 0 fully saturated rings. The summed E-state index contributed by atoms with van der Waals surface area (Å²) in [6, 6.07) is 11.3. The second kappa shape index (κ2) is 7.47. The van der Waals surface area contributed by atoms with Gasteiger partial charge in [-0.2, -0.15) is 0 Å². The number of rotatable bonds is 4. The minimum atomic E-state index is -0.247. The molecule has 2 amide bonds. The molecule has 2 heterocycles. The molecule has 0 radical (unpaired) electrons. The lowest BCUT2D eigenvalue weighted by Gasteiger charge is -2.29. The fourth-order valence-electron chi connectivity index (χ4n) is 2.99. The van der Waals surface area contributed by atoms with Gasteiger partial charge in [0.15, 0.2) is 0 Å². The zero-order valence-corrected chi connectivity index (χ0v) is 14.7. The van der Waals surface area contributed by atoms with E-state index in [0.717, 1.165) is 24.9 Å². The van der Waals surface area contributed by atoms with Crippen LogP contribution in [0.4, 0.5) is 5.69 Å². The van der Waals surface area contributed by atoms with E-state index in [2.05, 4.69) is 16.4 Å². The number of carbonyl (C=O) groups is 2. The van der Waals surface area contributed by atoms with Crippen LogP contribution in [0.1, 0.15) is 53.1 Å². The molecule has 1 aromatic carbocycles. The van der Waals surface area contributed by atoms with Crippen LogP contribution in [0.3, 0.4) is 0 Å². The van der Waals surface area contributed by atoms with Gasteiger partial charge in [-0.15, -0.1) is 0 Å². The normalized spacial score (nSPS) is 14.6.